The van der Waals surface area contributed by atoms with Crippen LogP contribution in [-0.4, -0.2) is 55.1 Å². The van der Waals surface area contributed by atoms with E-state index in [0.29, 0.717) is 30.0 Å². The van der Waals surface area contributed by atoms with Crippen LogP contribution in [0.15, 0.2) is 10.4 Å². The number of halogens is 3. The number of aromatic nitrogens is 1. The van der Waals surface area contributed by atoms with Gasteiger partial charge in [0.1, 0.15) is 0 Å². The van der Waals surface area contributed by atoms with Crippen molar-refractivity contribution in [1.82, 2.24) is 20.5 Å². The molecule has 9 heteroatoms. The Bertz CT molecular complexity index is 543. The Balaban J connectivity index is 1.73. The van der Waals surface area contributed by atoms with Crippen LogP contribution in [-0.2, 0) is 12.6 Å². The van der Waals surface area contributed by atoms with Crippen molar-refractivity contribution in [2.24, 2.45) is 4.99 Å². The summed E-state index contributed by atoms with van der Waals surface area (Å²) in [5, 5.41) is 7.95. The first kappa shape index (κ1) is 19.0. The minimum atomic E-state index is -4.37. The average molecular weight is 363 g/mol. The lowest BCUT2D eigenvalue weighted by Crippen LogP contribution is -2.45. The molecule has 1 aromatic rings. The van der Waals surface area contributed by atoms with Gasteiger partial charge in [0.05, 0.1) is 5.01 Å². The Morgan fingerprint density at radius 1 is 1.46 bits per heavy atom. The molecule has 0 saturated carbocycles. The molecule has 0 amide bonds. The fraction of sp³-hybridized carbons (Fsp3) is 0.733. The number of thiazole rings is 1. The maximum atomic E-state index is 12.5. The third-order valence-electron chi connectivity index (χ3n) is 4.11. The number of nitrogens with zero attached hydrogens (tertiary/aromatic N) is 3. The average Bonchev–Trinajstić information content (AvgIpc) is 3.18. The number of hydrogen-bond acceptors (Lipinski definition) is 4. The zero-order chi connectivity index (χ0) is 17.6. The van der Waals surface area contributed by atoms with E-state index in [-0.39, 0.29) is 0 Å². The van der Waals surface area contributed by atoms with Gasteiger partial charge in [-0.3, -0.25) is 9.89 Å². The Hall–Kier alpha value is -1.35. The molecule has 1 fully saturated rings. The SMILES string of the molecule is CCN1CCCC1CNC(=NC)NCCc1nc(C(F)(F)F)cs1. The summed E-state index contributed by atoms with van der Waals surface area (Å²) < 4.78 is 37.5. The van der Waals surface area contributed by atoms with E-state index in [9.17, 15) is 13.2 Å². The van der Waals surface area contributed by atoms with Crippen LogP contribution in [0.5, 0.6) is 0 Å². The molecule has 0 aromatic carbocycles. The lowest BCUT2D eigenvalue weighted by Gasteiger charge is -2.23. The lowest BCUT2D eigenvalue weighted by atomic mass is 10.2. The summed E-state index contributed by atoms with van der Waals surface area (Å²) in [6.07, 6.45) is -1.53. The van der Waals surface area contributed by atoms with Gasteiger partial charge < -0.3 is 10.6 Å². The van der Waals surface area contributed by atoms with Gasteiger partial charge in [-0.25, -0.2) is 4.98 Å². The number of guanidine groups is 1. The molecule has 1 aliphatic rings. The number of nitrogens with one attached hydrogen (secondary N) is 2. The van der Waals surface area contributed by atoms with Crippen LogP contribution in [0.3, 0.4) is 0 Å². The second-order valence-electron chi connectivity index (χ2n) is 5.68. The number of likely N-dealkylation sites (tertiary alicyclic amines) is 1. The van der Waals surface area contributed by atoms with E-state index in [1.807, 2.05) is 0 Å². The Morgan fingerprint density at radius 3 is 2.88 bits per heavy atom. The third-order valence-corrected chi connectivity index (χ3v) is 5.02. The molecule has 2 N–H and O–H groups in total. The normalized spacial score (nSPS) is 19.7. The topological polar surface area (TPSA) is 52.5 Å². The van der Waals surface area contributed by atoms with Crippen molar-refractivity contribution in [3.8, 4) is 0 Å². The summed E-state index contributed by atoms with van der Waals surface area (Å²) in [7, 11) is 1.69. The molecule has 2 heterocycles. The number of alkyl halides is 3. The standard InChI is InChI=1S/C15H24F3N5S/c1-3-23-8-4-5-11(23)9-21-14(19-2)20-7-6-13-22-12(10-24-13)15(16,17)18/h10-11H,3-9H2,1-2H3,(H2,19,20,21). The first-order valence-electron chi connectivity index (χ1n) is 8.14. The predicted molar refractivity (Wildman–Crippen MR) is 90.5 cm³/mol. The minimum absolute atomic E-state index is 0.436. The maximum Gasteiger partial charge on any atom is 0.434 e. The molecule has 5 nitrogen and oxygen atoms in total. The molecule has 0 bridgehead atoms. The summed E-state index contributed by atoms with van der Waals surface area (Å²) in [6.45, 7) is 5.66. The van der Waals surface area contributed by atoms with Crippen LogP contribution >= 0.6 is 11.3 Å². The van der Waals surface area contributed by atoms with Crippen LogP contribution in [0, 0.1) is 0 Å². The lowest BCUT2D eigenvalue weighted by molar-refractivity contribution is -0.140. The van der Waals surface area contributed by atoms with Gasteiger partial charge in [-0.15, -0.1) is 11.3 Å². The summed E-state index contributed by atoms with van der Waals surface area (Å²) in [4.78, 5) is 10.2. The predicted octanol–water partition coefficient (Wildman–Crippen LogP) is 2.35. The van der Waals surface area contributed by atoms with E-state index in [2.05, 4.69) is 32.4 Å². The van der Waals surface area contributed by atoms with E-state index in [1.54, 1.807) is 7.05 Å². The van der Waals surface area contributed by atoms with Crippen LogP contribution in [0.25, 0.3) is 0 Å². The van der Waals surface area contributed by atoms with Gasteiger partial charge in [-0.1, -0.05) is 6.92 Å². The highest BCUT2D eigenvalue weighted by Gasteiger charge is 2.33. The second kappa shape index (κ2) is 8.66. The van der Waals surface area contributed by atoms with Crippen molar-refractivity contribution in [1.29, 1.82) is 0 Å². The summed E-state index contributed by atoms with van der Waals surface area (Å²) in [5.74, 6) is 0.672. The largest absolute Gasteiger partial charge is 0.434 e. The van der Waals surface area contributed by atoms with Crippen molar-refractivity contribution in [3.63, 3.8) is 0 Å². The first-order chi connectivity index (χ1) is 11.4. The Labute approximate surface area is 144 Å². The number of hydrogen-bond donors (Lipinski definition) is 2. The highest BCUT2D eigenvalue weighted by molar-refractivity contribution is 7.09. The molecule has 136 valence electrons. The quantitative estimate of drug-likeness (QED) is 0.602. The Morgan fingerprint density at radius 2 is 2.25 bits per heavy atom. The molecular formula is C15H24F3N5S. The highest BCUT2D eigenvalue weighted by Crippen LogP contribution is 2.29. The van der Waals surface area contributed by atoms with Gasteiger partial charge in [-0.2, -0.15) is 13.2 Å². The number of likely N-dealkylation sites (N-methyl/N-ethyl adjacent to an activating group) is 1. The fourth-order valence-corrected chi connectivity index (χ4v) is 3.63. The summed E-state index contributed by atoms with van der Waals surface area (Å²) in [5.41, 5.74) is -0.814. The van der Waals surface area contributed by atoms with Gasteiger partial charge >= 0.3 is 6.18 Å². The fourth-order valence-electron chi connectivity index (χ4n) is 2.82. The third kappa shape index (κ3) is 5.34. The zero-order valence-electron chi connectivity index (χ0n) is 14.0. The van der Waals surface area contributed by atoms with Crippen molar-refractivity contribution in [2.75, 3.05) is 33.2 Å². The van der Waals surface area contributed by atoms with E-state index in [0.717, 1.165) is 36.4 Å². The molecule has 0 spiro atoms. The van der Waals surface area contributed by atoms with Crippen molar-refractivity contribution >= 4 is 17.3 Å². The highest BCUT2D eigenvalue weighted by atomic mass is 32.1. The molecule has 1 unspecified atom stereocenters. The molecule has 1 saturated heterocycles. The van der Waals surface area contributed by atoms with Gasteiger partial charge in [0.15, 0.2) is 11.7 Å². The van der Waals surface area contributed by atoms with Gasteiger partial charge in [0.2, 0.25) is 0 Å². The molecule has 0 aliphatic carbocycles. The van der Waals surface area contributed by atoms with Crippen LogP contribution in [0.1, 0.15) is 30.5 Å². The summed E-state index contributed by atoms with van der Waals surface area (Å²) in [6, 6.07) is 0.516. The molecule has 24 heavy (non-hydrogen) atoms. The number of rotatable bonds is 6. The summed E-state index contributed by atoms with van der Waals surface area (Å²) >= 11 is 1.03. The monoisotopic (exact) mass is 363 g/mol. The molecular weight excluding hydrogens is 339 g/mol. The van der Waals surface area contributed by atoms with E-state index in [4.69, 9.17) is 0 Å². The second-order valence-corrected chi connectivity index (χ2v) is 6.62. The minimum Gasteiger partial charge on any atom is -0.356 e. The van der Waals surface area contributed by atoms with Gasteiger partial charge in [0.25, 0.3) is 0 Å². The van der Waals surface area contributed by atoms with Crippen molar-refractivity contribution in [2.45, 2.75) is 38.4 Å². The molecule has 1 aliphatic heterocycles. The number of aliphatic imine (C=N–C) groups is 1. The zero-order valence-corrected chi connectivity index (χ0v) is 14.8. The maximum absolute atomic E-state index is 12.5. The smallest absolute Gasteiger partial charge is 0.356 e. The van der Waals surface area contributed by atoms with Crippen LogP contribution in [0.4, 0.5) is 13.2 Å². The Kier molecular flexibility index (Phi) is 6.85. The molecule has 1 atom stereocenters. The van der Waals surface area contributed by atoms with Gasteiger partial charge in [0, 0.05) is 38.0 Å². The molecule has 0 radical (unpaired) electrons. The van der Waals surface area contributed by atoms with Crippen LogP contribution in [0.2, 0.25) is 0 Å². The van der Waals surface area contributed by atoms with Crippen LogP contribution < -0.4 is 10.6 Å². The van der Waals surface area contributed by atoms with E-state index < -0.39 is 11.9 Å². The van der Waals surface area contributed by atoms with E-state index >= 15 is 0 Å². The van der Waals surface area contributed by atoms with E-state index in [1.165, 1.54) is 12.8 Å². The van der Waals surface area contributed by atoms with Crippen molar-refractivity contribution in [3.05, 3.63) is 16.1 Å². The first-order valence-corrected chi connectivity index (χ1v) is 9.02. The van der Waals surface area contributed by atoms with Gasteiger partial charge in [-0.05, 0) is 25.9 Å². The molecule has 1 aromatic heterocycles. The molecule has 2 rings (SSSR count). The van der Waals surface area contributed by atoms with Crippen molar-refractivity contribution < 1.29 is 13.2 Å².